The van der Waals surface area contributed by atoms with Crippen molar-refractivity contribution in [3.8, 4) is 5.75 Å². The molecule has 2 aromatic carbocycles. The number of esters is 1. The lowest BCUT2D eigenvalue weighted by Gasteiger charge is -2.20. The number of methoxy groups -OCH3 is 1. The molecular weight excluding hydrogens is 347 g/mol. The summed E-state index contributed by atoms with van der Waals surface area (Å²) in [5, 5.41) is 10.7. The van der Waals surface area contributed by atoms with E-state index < -0.39 is 5.97 Å². The number of aromatic hydroxyl groups is 1. The van der Waals surface area contributed by atoms with Crippen LogP contribution in [0.3, 0.4) is 0 Å². The number of halogens is 2. The van der Waals surface area contributed by atoms with Crippen LogP contribution in [0.15, 0.2) is 24.3 Å². The van der Waals surface area contributed by atoms with Crippen LogP contribution in [0, 0.1) is 20.8 Å². The van der Waals surface area contributed by atoms with Crippen LogP contribution < -0.4 is 0 Å². The Labute approximate surface area is 152 Å². The monoisotopic (exact) mass is 366 g/mol. The SMILES string of the molecule is COC(=O)c1c(C)c(CC(Cl)c2cccc(Cl)c2)c(C)c(C)c1O. The van der Waals surface area contributed by atoms with E-state index in [0.29, 0.717) is 22.6 Å². The van der Waals surface area contributed by atoms with Gasteiger partial charge in [-0.05, 0) is 67.1 Å². The summed E-state index contributed by atoms with van der Waals surface area (Å²) < 4.78 is 4.80. The molecule has 0 aliphatic carbocycles. The molecule has 0 heterocycles. The summed E-state index contributed by atoms with van der Waals surface area (Å²) in [7, 11) is 1.30. The molecule has 2 aromatic rings. The minimum atomic E-state index is -0.553. The number of alkyl halides is 1. The first-order valence-corrected chi connectivity index (χ1v) is 8.38. The number of phenolic OH excluding ortho intramolecular Hbond substituents is 1. The van der Waals surface area contributed by atoms with Crippen LogP contribution >= 0.6 is 23.2 Å². The van der Waals surface area contributed by atoms with Crippen LogP contribution in [0.25, 0.3) is 0 Å². The third-order valence-electron chi connectivity index (χ3n) is 4.42. The van der Waals surface area contributed by atoms with E-state index in [1.54, 1.807) is 19.9 Å². The summed E-state index contributed by atoms with van der Waals surface area (Å²) in [6.07, 6.45) is 0.519. The highest BCUT2D eigenvalue weighted by Gasteiger charge is 2.24. The third kappa shape index (κ3) is 3.52. The van der Waals surface area contributed by atoms with Gasteiger partial charge in [0.1, 0.15) is 11.3 Å². The predicted octanol–water partition coefficient (Wildman–Crippen LogP) is 5.28. The summed E-state index contributed by atoms with van der Waals surface area (Å²) in [6.45, 7) is 5.50. The summed E-state index contributed by atoms with van der Waals surface area (Å²) in [6, 6.07) is 7.40. The van der Waals surface area contributed by atoms with Gasteiger partial charge in [0, 0.05) is 5.02 Å². The maximum Gasteiger partial charge on any atom is 0.341 e. The highest BCUT2D eigenvalue weighted by atomic mass is 35.5. The third-order valence-corrected chi connectivity index (χ3v) is 5.06. The molecule has 1 unspecified atom stereocenters. The Morgan fingerprint density at radius 3 is 2.46 bits per heavy atom. The number of hydrogen-bond acceptors (Lipinski definition) is 3. The molecule has 2 rings (SSSR count). The van der Waals surface area contributed by atoms with Crippen LogP contribution in [0.2, 0.25) is 5.02 Å². The van der Waals surface area contributed by atoms with E-state index in [1.807, 2.05) is 25.1 Å². The van der Waals surface area contributed by atoms with Gasteiger partial charge >= 0.3 is 5.97 Å². The van der Waals surface area contributed by atoms with E-state index in [4.69, 9.17) is 27.9 Å². The molecule has 0 bridgehead atoms. The number of carbonyl (C=O) groups excluding carboxylic acids is 1. The standard InChI is InChI=1S/C19H20Cl2O3/c1-10-11(2)18(22)17(19(23)24-4)12(3)15(10)9-16(21)13-6-5-7-14(20)8-13/h5-8,16,22H,9H2,1-4H3. The van der Waals surface area contributed by atoms with E-state index in [1.165, 1.54) is 7.11 Å². The molecule has 0 aromatic heterocycles. The Kier molecular flexibility index (Phi) is 5.79. The largest absolute Gasteiger partial charge is 0.507 e. The predicted molar refractivity (Wildman–Crippen MR) is 97.4 cm³/mol. The molecule has 0 radical (unpaired) electrons. The maximum atomic E-state index is 12.0. The zero-order valence-electron chi connectivity index (χ0n) is 14.1. The van der Waals surface area contributed by atoms with Gasteiger partial charge in [0.25, 0.3) is 0 Å². The van der Waals surface area contributed by atoms with Crippen molar-refractivity contribution in [2.45, 2.75) is 32.6 Å². The number of carbonyl (C=O) groups is 1. The van der Waals surface area contributed by atoms with E-state index in [9.17, 15) is 9.90 Å². The molecule has 0 fully saturated rings. The number of ether oxygens (including phenoxy) is 1. The quantitative estimate of drug-likeness (QED) is 0.591. The molecule has 1 N–H and O–H groups in total. The van der Waals surface area contributed by atoms with Gasteiger partial charge in [-0.2, -0.15) is 0 Å². The van der Waals surface area contributed by atoms with Crippen LogP contribution in [0.1, 0.15) is 43.6 Å². The van der Waals surface area contributed by atoms with Crippen LogP contribution in [0.5, 0.6) is 5.75 Å². The first kappa shape index (κ1) is 18.6. The van der Waals surface area contributed by atoms with Crippen LogP contribution in [-0.2, 0) is 11.2 Å². The van der Waals surface area contributed by atoms with E-state index in [-0.39, 0.29) is 16.7 Å². The second-order valence-electron chi connectivity index (χ2n) is 5.80. The van der Waals surface area contributed by atoms with Crippen molar-refractivity contribution >= 4 is 29.2 Å². The summed E-state index contributed by atoms with van der Waals surface area (Å²) in [4.78, 5) is 12.0. The molecule has 0 saturated heterocycles. The van der Waals surface area contributed by atoms with Crippen molar-refractivity contribution in [3.05, 3.63) is 62.7 Å². The van der Waals surface area contributed by atoms with Crippen LogP contribution in [0.4, 0.5) is 0 Å². The fraction of sp³-hybridized carbons (Fsp3) is 0.316. The Bertz CT molecular complexity index is 785. The van der Waals surface area contributed by atoms with Crippen molar-refractivity contribution < 1.29 is 14.6 Å². The first-order valence-electron chi connectivity index (χ1n) is 7.57. The zero-order valence-corrected chi connectivity index (χ0v) is 15.6. The molecule has 3 nitrogen and oxygen atoms in total. The lowest BCUT2D eigenvalue weighted by molar-refractivity contribution is 0.0596. The van der Waals surface area contributed by atoms with Gasteiger partial charge in [0.05, 0.1) is 12.5 Å². The first-order chi connectivity index (χ1) is 11.3. The van der Waals surface area contributed by atoms with Crippen molar-refractivity contribution in [2.75, 3.05) is 7.11 Å². The highest BCUT2D eigenvalue weighted by molar-refractivity contribution is 6.30. The van der Waals surface area contributed by atoms with Gasteiger partial charge < -0.3 is 9.84 Å². The average molecular weight is 367 g/mol. The number of benzene rings is 2. The van der Waals surface area contributed by atoms with Gasteiger partial charge in [-0.3, -0.25) is 0 Å². The molecular formula is C19H20Cl2O3. The normalized spacial score (nSPS) is 12.1. The maximum absolute atomic E-state index is 12.0. The number of rotatable bonds is 4. The van der Waals surface area contributed by atoms with Crippen LogP contribution in [-0.4, -0.2) is 18.2 Å². The number of phenols is 1. The Hall–Kier alpha value is -1.71. The van der Waals surface area contributed by atoms with Gasteiger partial charge in [-0.25, -0.2) is 4.79 Å². The lowest BCUT2D eigenvalue weighted by atomic mass is 9.89. The average Bonchev–Trinajstić information content (AvgIpc) is 2.56. The Morgan fingerprint density at radius 1 is 1.21 bits per heavy atom. The summed E-state index contributed by atoms with van der Waals surface area (Å²) >= 11 is 12.6. The topological polar surface area (TPSA) is 46.5 Å². The van der Waals surface area contributed by atoms with Crippen molar-refractivity contribution in [1.29, 1.82) is 0 Å². The highest BCUT2D eigenvalue weighted by Crippen LogP contribution is 2.36. The van der Waals surface area contributed by atoms with E-state index >= 15 is 0 Å². The van der Waals surface area contributed by atoms with Gasteiger partial charge in [-0.1, -0.05) is 23.7 Å². The fourth-order valence-electron chi connectivity index (χ4n) is 2.86. The molecule has 24 heavy (non-hydrogen) atoms. The van der Waals surface area contributed by atoms with Gasteiger partial charge in [0.2, 0.25) is 0 Å². The van der Waals surface area contributed by atoms with E-state index in [2.05, 4.69) is 0 Å². The second-order valence-corrected chi connectivity index (χ2v) is 6.76. The molecule has 0 aliphatic heterocycles. The Balaban J connectivity index is 2.50. The smallest absolute Gasteiger partial charge is 0.341 e. The van der Waals surface area contributed by atoms with Gasteiger partial charge in [0.15, 0.2) is 0 Å². The number of hydrogen-bond donors (Lipinski definition) is 1. The Morgan fingerprint density at radius 2 is 1.88 bits per heavy atom. The molecule has 5 heteroatoms. The molecule has 0 spiro atoms. The summed E-state index contributed by atoms with van der Waals surface area (Å²) in [5.41, 5.74) is 4.32. The minimum absolute atomic E-state index is 0.0329. The van der Waals surface area contributed by atoms with Gasteiger partial charge in [-0.15, -0.1) is 11.6 Å². The van der Waals surface area contributed by atoms with E-state index in [0.717, 1.165) is 16.7 Å². The molecule has 128 valence electrons. The molecule has 1 atom stereocenters. The zero-order chi connectivity index (χ0) is 18.0. The fourth-order valence-corrected chi connectivity index (χ4v) is 3.35. The molecule has 0 saturated carbocycles. The molecule has 0 amide bonds. The van der Waals surface area contributed by atoms with Crippen molar-refractivity contribution in [2.24, 2.45) is 0 Å². The van der Waals surface area contributed by atoms with Crippen molar-refractivity contribution in [3.63, 3.8) is 0 Å². The summed E-state index contributed by atoms with van der Waals surface area (Å²) in [5.74, 6) is -0.585. The second kappa shape index (κ2) is 7.45. The lowest BCUT2D eigenvalue weighted by Crippen LogP contribution is -2.11. The van der Waals surface area contributed by atoms with Crippen molar-refractivity contribution in [1.82, 2.24) is 0 Å². The molecule has 0 aliphatic rings. The minimum Gasteiger partial charge on any atom is -0.507 e.